The van der Waals surface area contributed by atoms with Gasteiger partial charge in [-0.15, -0.1) is 10.2 Å². The molecule has 2 aliphatic heterocycles. The van der Waals surface area contributed by atoms with Gasteiger partial charge in [0.1, 0.15) is 5.82 Å². The van der Waals surface area contributed by atoms with E-state index in [2.05, 4.69) is 51.0 Å². The van der Waals surface area contributed by atoms with Crippen molar-refractivity contribution in [1.82, 2.24) is 25.0 Å². The third-order valence-electron chi connectivity index (χ3n) is 5.37. The number of carbonyl (C=O) groups excluding carboxylic acids is 1. The summed E-state index contributed by atoms with van der Waals surface area (Å²) in [5, 5.41) is 11.9. The second-order valence-corrected chi connectivity index (χ2v) is 7.97. The van der Waals surface area contributed by atoms with E-state index in [-0.39, 0.29) is 17.9 Å². The minimum atomic E-state index is -0.131. The summed E-state index contributed by atoms with van der Waals surface area (Å²) in [6.07, 6.45) is 7.01. The number of carbonyl (C=O) groups is 1. The first-order valence-electron chi connectivity index (χ1n) is 10.2. The minimum absolute atomic E-state index is 0.0518. The lowest BCUT2D eigenvalue weighted by molar-refractivity contribution is -0.128. The molecular formula is C20H33N5O2. The molecule has 1 aromatic heterocycles. The van der Waals surface area contributed by atoms with E-state index in [0.717, 1.165) is 57.1 Å². The highest BCUT2D eigenvalue weighted by Crippen LogP contribution is 2.19. The molecule has 0 aliphatic carbocycles. The lowest BCUT2D eigenvalue weighted by Crippen LogP contribution is -2.36. The van der Waals surface area contributed by atoms with Crippen LogP contribution < -0.4 is 5.32 Å². The van der Waals surface area contributed by atoms with Crippen LogP contribution in [0, 0.1) is 11.8 Å². The third kappa shape index (κ3) is 5.39. The van der Waals surface area contributed by atoms with Crippen LogP contribution in [0.2, 0.25) is 0 Å². The molecule has 1 atom stereocenters. The van der Waals surface area contributed by atoms with E-state index in [1.165, 1.54) is 0 Å². The van der Waals surface area contributed by atoms with Crippen molar-refractivity contribution in [2.24, 2.45) is 11.8 Å². The standard InChI is InChI=1S/C20H33N5O2/c1-15(2)5-4-9-24-10-6-18-22-23-19(25(18)12-11-24)16(3)21-20(26)17-7-13-27-14-8-17/h4-5,15-17H,6-14H2,1-3H3,(H,21,26)/b5-4+. The van der Waals surface area contributed by atoms with Gasteiger partial charge >= 0.3 is 0 Å². The summed E-state index contributed by atoms with van der Waals surface area (Å²) in [4.78, 5) is 15.0. The average molecular weight is 376 g/mol. The number of hydrogen-bond donors (Lipinski definition) is 1. The van der Waals surface area contributed by atoms with Gasteiger partial charge in [0.25, 0.3) is 0 Å². The molecule has 0 bridgehead atoms. The van der Waals surface area contributed by atoms with Gasteiger partial charge in [-0.1, -0.05) is 26.0 Å². The maximum atomic E-state index is 12.5. The summed E-state index contributed by atoms with van der Waals surface area (Å²) < 4.78 is 7.55. The summed E-state index contributed by atoms with van der Waals surface area (Å²) >= 11 is 0. The first kappa shape index (κ1) is 20.0. The summed E-state index contributed by atoms with van der Waals surface area (Å²) in [5.41, 5.74) is 0. The van der Waals surface area contributed by atoms with Crippen LogP contribution in [0.25, 0.3) is 0 Å². The normalized spacial score (nSPS) is 20.6. The highest BCUT2D eigenvalue weighted by molar-refractivity contribution is 5.79. The van der Waals surface area contributed by atoms with Crippen LogP contribution in [-0.2, 0) is 22.5 Å². The second kappa shape index (κ2) is 9.46. The van der Waals surface area contributed by atoms with Crippen molar-refractivity contribution in [3.63, 3.8) is 0 Å². The Morgan fingerprint density at radius 2 is 2.00 bits per heavy atom. The van der Waals surface area contributed by atoms with Gasteiger partial charge in [0, 0.05) is 51.7 Å². The molecule has 7 nitrogen and oxygen atoms in total. The first-order valence-corrected chi connectivity index (χ1v) is 10.2. The summed E-state index contributed by atoms with van der Waals surface area (Å²) in [7, 11) is 0. The molecule has 0 radical (unpaired) electrons. The zero-order valence-electron chi connectivity index (χ0n) is 16.9. The number of ether oxygens (including phenoxy) is 1. The molecule has 0 aromatic carbocycles. The molecule has 150 valence electrons. The molecule has 3 heterocycles. The lowest BCUT2D eigenvalue weighted by Gasteiger charge is -2.23. The summed E-state index contributed by atoms with van der Waals surface area (Å²) in [6, 6.07) is -0.131. The van der Waals surface area contributed by atoms with E-state index in [1.807, 2.05) is 6.92 Å². The maximum absolute atomic E-state index is 12.5. The smallest absolute Gasteiger partial charge is 0.223 e. The predicted octanol–water partition coefficient (Wildman–Crippen LogP) is 1.95. The van der Waals surface area contributed by atoms with Gasteiger partial charge in [-0.05, 0) is 25.7 Å². The average Bonchev–Trinajstić information content (AvgIpc) is 2.96. The van der Waals surface area contributed by atoms with Gasteiger partial charge in [-0.3, -0.25) is 9.69 Å². The predicted molar refractivity (Wildman–Crippen MR) is 104 cm³/mol. The molecule has 1 amide bonds. The molecule has 2 aliphatic rings. The van der Waals surface area contributed by atoms with Crippen molar-refractivity contribution in [2.45, 2.75) is 52.6 Å². The number of allylic oxidation sites excluding steroid dienone is 1. The fraction of sp³-hybridized carbons (Fsp3) is 0.750. The topological polar surface area (TPSA) is 72.3 Å². The lowest BCUT2D eigenvalue weighted by atomic mass is 9.99. The van der Waals surface area contributed by atoms with Crippen LogP contribution in [0.3, 0.4) is 0 Å². The number of fused-ring (bicyclic) bond motifs is 1. The molecule has 0 saturated carbocycles. The van der Waals surface area contributed by atoms with Gasteiger partial charge in [0.2, 0.25) is 5.91 Å². The highest BCUT2D eigenvalue weighted by atomic mass is 16.5. The van der Waals surface area contributed by atoms with Crippen LogP contribution in [0.4, 0.5) is 0 Å². The fourth-order valence-electron chi connectivity index (χ4n) is 3.73. The Labute approximate surface area is 162 Å². The fourth-order valence-corrected chi connectivity index (χ4v) is 3.73. The van der Waals surface area contributed by atoms with Crippen molar-refractivity contribution < 1.29 is 9.53 Å². The molecule has 0 spiro atoms. The van der Waals surface area contributed by atoms with E-state index >= 15 is 0 Å². The molecule has 27 heavy (non-hydrogen) atoms. The number of aromatic nitrogens is 3. The zero-order chi connectivity index (χ0) is 19.2. The Morgan fingerprint density at radius 3 is 2.74 bits per heavy atom. The van der Waals surface area contributed by atoms with Gasteiger partial charge in [0.05, 0.1) is 6.04 Å². The highest BCUT2D eigenvalue weighted by Gasteiger charge is 2.26. The third-order valence-corrected chi connectivity index (χ3v) is 5.37. The van der Waals surface area contributed by atoms with Crippen molar-refractivity contribution in [3.05, 3.63) is 23.8 Å². The van der Waals surface area contributed by atoms with E-state index < -0.39 is 0 Å². The quantitative estimate of drug-likeness (QED) is 0.770. The van der Waals surface area contributed by atoms with Crippen molar-refractivity contribution >= 4 is 5.91 Å². The molecule has 1 fully saturated rings. The van der Waals surface area contributed by atoms with Crippen LogP contribution in [0.1, 0.15) is 51.3 Å². The molecule has 1 N–H and O–H groups in total. The van der Waals surface area contributed by atoms with Crippen LogP contribution in [-0.4, -0.2) is 58.4 Å². The SMILES string of the molecule is CC(C)/C=C/CN1CCc2nnc(C(C)NC(=O)C3CCOCC3)n2CC1. The van der Waals surface area contributed by atoms with Crippen molar-refractivity contribution in [2.75, 3.05) is 32.8 Å². The molecular weight excluding hydrogens is 342 g/mol. The number of rotatable bonds is 6. The van der Waals surface area contributed by atoms with Gasteiger partial charge in [0.15, 0.2) is 5.82 Å². The van der Waals surface area contributed by atoms with Gasteiger partial charge in [-0.2, -0.15) is 0 Å². The Morgan fingerprint density at radius 1 is 1.22 bits per heavy atom. The minimum Gasteiger partial charge on any atom is -0.381 e. The maximum Gasteiger partial charge on any atom is 0.223 e. The van der Waals surface area contributed by atoms with E-state index in [4.69, 9.17) is 4.74 Å². The van der Waals surface area contributed by atoms with E-state index in [0.29, 0.717) is 19.1 Å². The van der Waals surface area contributed by atoms with Crippen LogP contribution >= 0.6 is 0 Å². The monoisotopic (exact) mass is 375 g/mol. The van der Waals surface area contributed by atoms with Gasteiger partial charge in [-0.25, -0.2) is 0 Å². The largest absolute Gasteiger partial charge is 0.381 e. The zero-order valence-corrected chi connectivity index (χ0v) is 16.9. The van der Waals surface area contributed by atoms with Crippen LogP contribution in [0.5, 0.6) is 0 Å². The van der Waals surface area contributed by atoms with Crippen molar-refractivity contribution in [3.8, 4) is 0 Å². The molecule has 1 saturated heterocycles. The van der Waals surface area contributed by atoms with Crippen molar-refractivity contribution in [1.29, 1.82) is 0 Å². The van der Waals surface area contributed by atoms with E-state index in [9.17, 15) is 4.79 Å². The Hall–Kier alpha value is -1.73. The number of amides is 1. The number of nitrogens with zero attached hydrogens (tertiary/aromatic N) is 4. The number of nitrogens with one attached hydrogen (secondary N) is 1. The molecule has 1 aromatic rings. The summed E-state index contributed by atoms with van der Waals surface area (Å²) in [6.45, 7) is 11.5. The second-order valence-electron chi connectivity index (χ2n) is 7.97. The van der Waals surface area contributed by atoms with E-state index in [1.54, 1.807) is 0 Å². The Kier molecular flexibility index (Phi) is 7.01. The molecule has 3 rings (SSSR count). The Bertz CT molecular complexity index is 649. The summed E-state index contributed by atoms with van der Waals surface area (Å²) in [5.74, 6) is 2.63. The molecule has 7 heteroatoms. The van der Waals surface area contributed by atoms with Crippen LogP contribution in [0.15, 0.2) is 12.2 Å². The number of hydrogen-bond acceptors (Lipinski definition) is 5. The Balaban J connectivity index is 1.58. The van der Waals surface area contributed by atoms with Gasteiger partial charge < -0.3 is 14.6 Å². The first-order chi connectivity index (χ1) is 13.0. The molecule has 1 unspecified atom stereocenters.